The third kappa shape index (κ3) is 3.28. The zero-order valence-corrected chi connectivity index (χ0v) is 9.70. The molecule has 0 unspecified atom stereocenters. The molecule has 1 aromatic carbocycles. The normalized spacial score (nSPS) is 16.7. The van der Waals surface area contributed by atoms with Crippen molar-refractivity contribution in [3.63, 3.8) is 0 Å². The summed E-state index contributed by atoms with van der Waals surface area (Å²) in [5, 5.41) is 0. The number of carbonyl (C=O) groups excluding carboxylic acids is 1. The van der Waals surface area contributed by atoms with E-state index in [1.807, 2.05) is 42.5 Å². The molecule has 2 rings (SSSR count). The van der Waals surface area contributed by atoms with Crippen molar-refractivity contribution in [1.29, 1.82) is 0 Å². The molecule has 0 aliphatic heterocycles. The monoisotopic (exact) mass is 224 g/mol. The zero-order valence-electron chi connectivity index (χ0n) is 9.70. The van der Waals surface area contributed by atoms with Gasteiger partial charge in [-0.25, -0.2) is 0 Å². The number of allylic oxidation sites excluding steroid dienone is 6. The van der Waals surface area contributed by atoms with Gasteiger partial charge in [-0.2, -0.15) is 0 Å². The van der Waals surface area contributed by atoms with Crippen LogP contribution in [0.15, 0.2) is 66.8 Å². The van der Waals surface area contributed by atoms with Gasteiger partial charge in [-0.1, -0.05) is 66.8 Å². The molecule has 1 atom stereocenters. The third-order valence-electron chi connectivity index (χ3n) is 2.98. The molecule has 17 heavy (non-hydrogen) atoms. The van der Waals surface area contributed by atoms with E-state index in [0.29, 0.717) is 0 Å². The highest BCUT2D eigenvalue weighted by Gasteiger charge is 2.16. The molecule has 0 bridgehead atoms. The minimum absolute atomic E-state index is 0.0183. The van der Waals surface area contributed by atoms with E-state index in [2.05, 4.69) is 24.3 Å². The molecule has 0 radical (unpaired) electrons. The van der Waals surface area contributed by atoms with Crippen LogP contribution in [0.1, 0.15) is 5.56 Å². The van der Waals surface area contributed by atoms with Gasteiger partial charge in [0.1, 0.15) is 6.29 Å². The van der Waals surface area contributed by atoms with Crippen LogP contribution < -0.4 is 0 Å². The van der Waals surface area contributed by atoms with E-state index in [-0.39, 0.29) is 11.8 Å². The zero-order chi connectivity index (χ0) is 11.9. The summed E-state index contributed by atoms with van der Waals surface area (Å²) in [7, 11) is 0. The van der Waals surface area contributed by atoms with Gasteiger partial charge in [-0.3, -0.25) is 0 Å². The van der Waals surface area contributed by atoms with E-state index in [1.165, 1.54) is 5.56 Å². The molecule has 0 aromatic heterocycles. The lowest BCUT2D eigenvalue weighted by Gasteiger charge is -2.16. The Morgan fingerprint density at radius 3 is 2.24 bits per heavy atom. The van der Waals surface area contributed by atoms with Crippen LogP contribution >= 0.6 is 0 Å². The molecule has 1 nitrogen and oxygen atoms in total. The second kappa shape index (κ2) is 6.00. The molecule has 0 heterocycles. The molecule has 1 heteroatoms. The Labute approximate surface area is 102 Å². The minimum Gasteiger partial charge on any atom is -0.303 e. The van der Waals surface area contributed by atoms with Crippen LogP contribution in [-0.2, 0) is 11.2 Å². The molecule has 1 aliphatic rings. The summed E-state index contributed by atoms with van der Waals surface area (Å²) in [4.78, 5) is 11.2. The lowest BCUT2D eigenvalue weighted by Crippen LogP contribution is -2.15. The Hall–Kier alpha value is -1.89. The van der Waals surface area contributed by atoms with Crippen molar-refractivity contribution in [2.24, 2.45) is 11.8 Å². The van der Waals surface area contributed by atoms with Crippen LogP contribution in [0, 0.1) is 11.8 Å². The van der Waals surface area contributed by atoms with Crippen molar-refractivity contribution >= 4 is 6.29 Å². The second-order valence-electron chi connectivity index (χ2n) is 4.22. The highest BCUT2D eigenvalue weighted by molar-refractivity contribution is 5.56. The van der Waals surface area contributed by atoms with Crippen molar-refractivity contribution in [1.82, 2.24) is 0 Å². The fraction of sp³-hybridized carbons (Fsp3) is 0.188. The summed E-state index contributed by atoms with van der Waals surface area (Å²) in [6.07, 6.45) is 14.0. The van der Waals surface area contributed by atoms with Gasteiger partial charge in [-0.15, -0.1) is 0 Å². The summed E-state index contributed by atoms with van der Waals surface area (Å²) >= 11 is 0. The average molecular weight is 224 g/mol. The van der Waals surface area contributed by atoms with E-state index < -0.39 is 0 Å². The Kier molecular flexibility index (Phi) is 4.09. The van der Waals surface area contributed by atoms with Crippen LogP contribution in [0.4, 0.5) is 0 Å². The van der Waals surface area contributed by atoms with Gasteiger partial charge in [0.05, 0.1) is 0 Å². The van der Waals surface area contributed by atoms with E-state index >= 15 is 0 Å². The summed E-state index contributed by atoms with van der Waals surface area (Å²) < 4.78 is 0. The molecule has 0 spiro atoms. The van der Waals surface area contributed by atoms with Crippen molar-refractivity contribution in [2.75, 3.05) is 0 Å². The first-order chi connectivity index (χ1) is 8.40. The maximum absolute atomic E-state index is 11.2. The first-order valence-electron chi connectivity index (χ1n) is 5.91. The highest BCUT2D eigenvalue weighted by Crippen LogP contribution is 2.20. The molecule has 0 N–H and O–H groups in total. The summed E-state index contributed by atoms with van der Waals surface area (Å²) in [5.74, 6) is 0.215. The Bertz CT molecular complexity index is 424. The van der Waals surface area contributed by atoms with E-state index in [4.69, 9.17) is 0 Å². The fourth-order valence-corrected chi connectivity index (χ4v) is 2.02. The molecular weight excluding hydrogens is 208 g/mol. The predicted molar refractivity (Wildman–Crippen MR) is 70.6 cm³/mol. The number of hydrogen-bond donors (Lipinski definition) is 0. The van der Waals surface area contributed by atoms with Gasteiger partial charge in [0.15, 0.2) is 0 Å². The number of carbonyl (C=O) groups is 1. The molecule has 86 valence electrons. The topological polar surface area (TPSA) is 17.1 Å². The Morgan fingerprint density at radius 1 is 1.00 bits per heavy atom. The van der Waals surface area contributed by atoms with Gasteiger partial charge in [0, 0.05) is 11.8 Å². The van der Waals surface area contributed by atoms with Gasteiger partial charge in [0.25, 0.3) is 0 Å². The Morgan fingerprint density at radius 2 is 1.65 bits per heavy atom. The standard InChI is InChI=1S/C16H16O/c17-13-16(12-14-8-4-3-5-9-14)15-10-6-1-2-7-11-15/h1-11,13,15-16H,12H2/t16-/m0/s1. The number of hydrogen-bond acceptors (Lipinski definition) is 1. The largest absolute Gasteiger partial charge is 0.303 e. The first kappa shape index (κ1) is 11.6. The maximum atomic E-state index is 11.2. The quantitative estimate of drug-likeness (QED) is 0.717. The third-order valence-corrected chi connectivity index (χ3v) is 2.98. The lowest BCUT2D eigenvalue weighted by atomic mass is 9.87. The summed E-state index contributed by atoms with van der Waals surface area (Å²) in [5.41, 5.74) is 1.21. The van der Waals surface area contributed by atoms with E-state index in [0.717, 1.165) is 12.7 Å². The lowest BCUT2D eigenvalue weighted by molar-refractivity contribution is -0.111. The van der Waals surface area contributed by atoms with Crippen LogP contribution in [-0.4, -0.2) is 6.29 Å². The molecule has 0 fully saturated rings. The Balaban J connectivity index is 2.09. The van der Waals surface area contributed by atoms with E-state index in [1.54, 1.807) is 0 Å². The molecular formula is C16H16O. The SMILES string of the molecule is O=C[C@H](Cc1ccccc1)C1C=CC=CC=C1. The van der Waals surface area contributed by atoms with Gasteiger partial charge < -0.3 is 4.79 Å². The average Bonchev–Trinajstić information content (AvgIpc) is 2.66. The highest BCUT2D eigenvalue weighted by atomic mass is 16.1. The smallest absolute Gasteiger partial charge is 0.124 e. The second-order valence-corrected chi connectivity index (χ2v) is 4.22. The van der Waals surface area contributed by atoms with E-state index in [9.17, 15) is 4.79 Å². The van der Waals surface area contributed by atoms with Crippen molar-refractivity contribution in [3.05, 3.63) is 72.4 Å². The van der Waals surface area contributed by atoms with Crippen molar-refractivity contribution < 1.29 is 4.79 Å². The minimum atomic E-state index is 0.0183. The summed E-state index contributed by atoms with van der Waals surface area (Å²) in [6.45, 7) is 0. The fourth-order valence-electron chi connectivity index (χ4n) is 2.02. The molecule has 0 saturated carbocycles. The molecule has 0 amide bonds. The number of benzene rings is 1. The van der Waals surface area contributed by atoms with Gasteiger partial charge in [-0.05, 0) is 12.0 Å². The number of rotatable bonds is 4. The van der Waals surface area contributed by atoms with Gasteiger partial charge in [0.2, 0.25) is 0 Å². The van der Waals surface area contributed by atoms with Crippen LogP contribution in [0.2, 0.25) is 0 Å². The van der Waals surface area contributed by atoms with Crippen LogP contribution in [0.25, 0.3) is 0 Å². The number of aldehydes is 1. The van der Waals surface area contributed by atoms with Crippen molar-refractivity contribution in [3.8, 4) is 0 Å². The molecule has 0 saturated heterocycles. The maximum Gasteiger partial charge on any atom is 0.124 e. The van der Waals surface area contributed by atoms with Gasteiger partial charge >= 0.3 is 0 Å². The summed E-state index contributed by atoms with van der Waals surface area (Å²) in [6, 6.07) is 10.2. The first-order valence-corrected chi connectivity index (χ1v) is 5.91. The molecule has 1 aromatic rings. The van der Waals surface area contributed by atoms with Crippen LogP contribution in [0.3, 0.4) is 0 Å². The predicted octanol–water partition coefficient (Wildman–Crippen LogP) is 3.34. The molecule has 1 aliphatic carbocycles. The van der Waals surface area contributed by atoms with Crippen LogP contribution in [0.5, 0.6) is 0 Å². The van der Waals surface area contributed by atoms with Crippen molar-refractivity contribution in [2.45, 2.75) is 6.42 Å².